The number of carbonyl (C=O) groups excluding carboxylic acids is 1. The summed E-state index contributed by atoms with van der Waals surface area (Å²) in [5.74, 6) is 0.301. The summed E-state index contributed by atoms with van der Waals surface area (Å²) in [5, 5.41) is 2.82. The minimum atomic E-state index is -4.43. The molecule has 1 aliphatic rings. The van der Waals surface area contributed by atoms with E-state index in [9.17, 15) is 18.0 Å². The van der Waals surface area contributed by atoms with E-state index < -0.39 is 11.7 Å². The van der Waals surface area contributed by atoms with Gasteiger partial charge >= 0.3 is 6.18 Å². The lowest BCUT2D eigenvalue weighted by Crippen LogP contribution is -2.33. The molecule has 0 bridgehead atoms. The van der Waals surface area contributed by atoms with Gasteiger partial charge in [0.1, 0.15) is 10.1 Å². The molecule has 4 nitrogen and oxygen atoms in total. The molecule has 0 spiro atoms. The van der Waals surface area contributed by atoms with Crippen molar-refractivity contribution in [1.82, 2.24) is 4.90 Å². The number of nitrogens with zero attached hydrogens (tertiary/aromatic N) is 1. The number of methoxy groups -OCH3 is 1. The number of benzene rings is 2. The Balaban J connectivity index is 1.73. The lowest BCUT2D eigenvalue weighted by atomic mass is 10.2. The summed E-state index contributed by atoms with van der Waals surface area (Å²) in [4.78, 5) is 14.4. The van der Waals surface area contributed by atoms with Gasteiger partial charge in [-0.15, -0.1) is 0 Å². The van der Waals surface area contributed by atoms with E-state index >= 15 is 0 Å². The zero-order valence-corrected chi connectivity index (χ0v) is 16.3. The van der Waals surface area contributed by atoms with E-state index in [4.69, 9.17) is 17.0 Å². The van der Waals surface area contributed by atoms with Crippen LogP contribution in [0.3, 0.4) is 0 Å². The summed E-state index contributed by atoms with van der Waals surface area (Å²) >= 11 is 6.38. The molecule has 9 heteroatoms. The fraction of sp³-hybridized carbons (Fsp3) is 0.158. The van der Waals surface area contributed by atoms with Crippen LogP contribution < -0.4 is 10.1 Å². The van der Waals surface area contributed by atoms with Crippen LogP contribution in [-0.4, -0.2) is 28.9 Å². The van der Waals surface area contributed by atoms with E-state index in [0.717, 1.165) is 29.5 Å². The Morgan fingerprint density at radius 3 is 2.68 bits per heavy atom. The minimum Gasteiger partial charge on any atom is -0.496 e. The first kappa shape index (κ1) is 20.2. The summed E-state index contributed by atoms with van der Waals surface area (Å²) in [6.07, 6.45) is -2.75. The molecule has 2 aromatic carbocycles. The largest absolute Gasteiger partial charge is 0.496 e. The van der Waals surface area contributed by atoms with Crippen molar-refractivity contribution in [2.75, 3.05) is 19.1 Å². The van der Waals surface area contributed by atoms with Crippen molar-refractivity contribution in [2.24, 2.45) is 0 Å². The highest BCUT2D eigenvalue weighted by atomic mass is 32.2. The normalized spacial score (nSPS) is 16.0. The van der Waals surface area contributed by atoms with Gasteiger partial charge in [-0.25, -0.2) is 0 Å². The Hall–Kier alpha value is -2.52. The number of rotatable bonds is 5. The van der Waals surface area contributed by atoms with Crippen LogP contribution >= 0.6 is 24.0 Å². The molecule has 1 fully saturated rings. The van der Waals surface area contributed by atoms with Crippen molar-refractivity contribution in [3.8, 4) is 5.75 Å². The number of carbonyl (C=O) groups is 1. The maximum atomic E-state index is 12.8. The third-order valence-corrected chi connectivity index (χ3v) is 5.31. The van der Waals surface area contributed by atoms with Gasteiger partial charge in [-0.05, 0) is 30.3 Å². The van der Waals surface area contributed by atoms with Gasteiger partial charge in [0.15, 0.2) is 0 Å². The fourth-order valence-corrected chi connectivity index (χ4v) is 3.79. The van der Waals surface area contributed by atoms with Crippen molar-refractivity contribution >= 4 is 46.0 Å². The van der Waals surface area contributed by atoms with E-state index in [1.165, 1.54) is 24.1 Å². The second kappa shape index (κ2) is 8.24. The molecule has 3 rings (SSSR count). The molecule has 1 heterocycles. The number of ether oxygens (including phenoxy) is 1. The van der Waals surface area contributed by atoms with Crippen molar-refractivity contribution in [3.05, 3.63) is 64.6 Å². The Bertz CT molecular complexity index is 945. The van der Waals surface area contributed by atoms with Crippen molar-refractivity contribution < 1.29 is 22.7 Å². The predicted octanol–water partition coefficient (Wildman–Crippen LogP) is 4.98. The Morgan fingerprint density at radius 2 is 1.96 bits per heavy atom. The van der Waals surface area contributed by atoms with Gasteiger partial charge in [-0.3, -0.25) is 9.69 Å². The van der Waals surface area contributed by atoms with E-state index in [1.54, 1.807) is 12.1 Å². The molecule has 0 atom stereocenters. The lowest BCUT2D eigenvalue weighted by Gasteiger charge is -2.17. The summed E-state index contributed by atoms with van der Waals surface area (Å²) < 4.78 is 44.1. The number of nitrogens with one attached hydrogen (secondary N) is 1. The molecule has 1 saturated heterocycles. The van der Waals surface area contributed by atoms with E-state index in [-0.39, 0.29) is 18.3 Å². The van der Waals surface area contributed by atoms with Crippen molar-refractivity contribution in [3.63, 3.8) is 0 Å². The number of hydrogen-bond donors (Lipinski definition) is 1. The topological polar surface area (TPSA) is 41.6 Å². The van der Waals surface area contributed by atoms with Crippen LogP contribution in [0.25, 0.3) is 6.08 Å². The van der Waals surface area contributed by atoms with Crippen LogP contribution in [0.5, 0.6) is 5.75 Å². The molecule has 28 heavy (non-hydrogen) atoms. The molecule has 1 aliphatic heterocycles. The molecular weight excluding hydrogens is 409 g/mol. The molecule has 2 aromatic rings. The second-order valence-corrected chi connectivity index (χ2v) is 7.44. The highest BCUT2D eigenvalue weighted by Gasteiger charge is 2.33. The number of para-hydroxylation sites is 1. The first-order valence-corrected chi connectivity index (χ1v) is 9.31. The number of thiocarbonyl (C=S) groups is 1. The van der Waals surface area contributed by atoms with Gasteiger partial charge in [-0.1, -0.05) is 48.2 Å². The monoisotopic (exact) mass is 424 g/mol. The number of hydrogen-bond acceptors (Lipinski definition) is 5. The molecule has 0 radical (unpaired) electrons. The predicted molar refractivity (Wildman–Crippen MR) is 108 cm³/mol. The van der Waals surface area contributed by atoms with Crippen molar-refractivity contribution in [1.29, 1.82) is 0 Å². The first-order valence-electron chi connectivity index (χ1n) is 8.09. The van der Waals surface area contributed by atoms with Crippen LogP contribution in [0.15, 0.2) is 53.4 Å². The standard InChI is InChI=1S/C19H15F3N2O2S2/c1-26-15-8-3-2-5-12(15)9-16-17(25)24(18(27)28-16)11-23-14-7-4-6-13(10-14)19(20,21)22/h2-10,23H,11H2,1H3/b16-9-. The number of alkyl halides is 3. The Kier molecular flexibility index (Phi) is 5.95. The van der Waals surface area contributed by atoms with Crippen LogP contribution in [0.4, 0.5) is 18.9 Å². The quantitative estimate of drug-likeness (QED) is 0.541. The summed E-state index contributed by atoms with van der Waals surface area (Å²) in [7, 11) is 1.54. The van der Waals surface area contributed by atoms with Crippen LogP contribution in [-0.2, 0) is 11.0 Å². The third-order valence-electron chi connectivity index (χ3n) is 3.93. The fourth-order valence-electron chi connectivity index (χ4n) is 2.54. The van der Waals surface area contributed by atoms with Gasteiger partial charge < -0.3 is 10.1 Å². The van der Waals surface area contributed by atoms with Crippen molar-refractivity contribution in [2.45, 2.75) is 6.18 Å². The molecule has 1 amide bonds. The SMILES string of the molecule is COc1ccccc1/C=C1\SC(=S)N(CNc2cccc(C(F)(F)F)c2)C1=O. The summed E-state index contributed by atoms with van der Waals surface area (Å²) in [6.45, 7) is -0.0325. The molecular formula is C19H15F3N2O2S2. The van der Waals surface area contributed by atoms with E-state index in [1.807, 2.05) is 18.2 Å². The van der Waals surface area contributed by atoms with E-state index in [0.29, 0.717) is 15.0 Å². The summed E-state index contributed by atoms with van der Waals surface area (Å²) in [5.41, 5.74) is 0.216. The van der Waals surface area contributed by atoms with Crippen LogP contribution in [0.2, 0.25) is 0 Å². The Labute approximate surface area is 169 Å². The van der Waals surface area contributed by atoms with Crippen LogP contribution in [0, 0.1) is 0 Å². The maximum absolute atomic E-state index is 12.8. The lowest BCUT2D eigenvalue weighted by molar-refractivity contribution is -0.137. The smallest absolute Gasteiger partial charge is 0.416 e. The van der Waals surface area contributed by atoms with Gasteiger partial charge in [-0.2, -0.15) is 13.2 Å². The highest BCUT2D eigenvalue weighted by Crippen LogP contribution is 2.34. The van der Waals surface area contributed by atoms with Gasteiger partial charge in [0, 0.05) is 11.3 Å². The zero-order chi connectivity index (χ0) is 20.3. The Morgan fingerprint density at radius 1 is 1.21 bits per heavy atom. The van der Waals surface area contributed by atoms with Gasteiger partial charge in [0.25, 0.3) is 5.91 Å². The average molecular weight is 424 g/mol. The number of thioether (sulfide) groups is 1. The maximum Gasteiger partial charge on any atom is 0.416 e. The molecule has 1 N–H and O–H groups in total. The molecule has 0 aromatic heterocycles. The van der Waals surface area contributed by atoms with Gasteiger partial charge in [0.2, 0.25) is 0 Å². The average Bonchev–Trinajstić information content (AvgIpc) is 2.93. The zero-order valence-electron chi connectivity index (χ0n) is 14.6. The van der Waals surface area contributed by atoms with Crippen LogP contribution in [0.1, 0.15) is 11.1 Å². The molecule has 0 aliphatic carbocycles. The summed E-state index contributed by atoms with van der Waals surface area (Å²) in [6, 6.07) is 12.0. The molecule has 0 unspecified atom stereocenters. The third kappa shape index (κ3) is 4.48. The number of amides is 1. The van der Waals surface area contributed by atoms with Gasteiger partial charge in [0.05, 0.1) is 24.2 Å². The number of anilines is 1. The second-order valence-electron chi connectivity index (χ2n) is 5.77. The minimum absolute atomic E-state index is 0.0325. The molecule has 0 saturated carbocycles. The number of halogens is 3. The highest BCUT2D eigenvalue weighted by molar-refractivity contribution is 8.26. The first-order chi connectivity index (χ1) is 13.3. The molecule has 146 valence electrons. The van der Waals surface area contributed by atoms with E-state index in [2.05, 4.69) is 5.32 Å².